The molecular formula is C25H26N2O2S. The summed E-state index contributed by atoms with van der Waals surface area (Å²) in [4.78, 5) is 26.3. The standard InChI is InChI=1S/C25H26N2O2S/c1-18-10-12-21(13-11-18)24(28)27-23(17-22-9-5-15-30-22)25(29)26-14-4-8-20-7-3-6-19(2)16-20/h3,5-7,9-13,15-17H,4,8,14H2,1-2H3,(H,26,29)(H,27,28)/b23-17-. The minimum Gasteiger partial charge on any atom is -0.351 e. The lowest BCUT2D eigenvalue weighted by atomic mass is 10.1. The highest BCUT2D eigenvalue weighted by Crippen LogP contribution is 2.13. The molecule has 0 aliphatic rings. The predicted molar refractivity (Wildman–Crippen MR) is 123 cm³/mol. The van der Waals surface area contributed by atoms with E-state index in [0.29, 0.717) is 12.1 Å². The van der Waals surface area contributed by atoms with E-state index in [0.717, 1.165) is 23.3 Å². The Morgan fingerprint density at radius 2 is 1.77 bits per heavy atom. The van der Waals surface area contributed by atoms with Crippen molar-refractivity contribution in [3.8, 4) is 0 Å². The van der Waals surface area contributed by atoms with Gasteiger partial charge in [-0.25, -0.2) is 0 Å². The van der Waals surface area contributed by atoms with Crippen molar-refractivity contribution >= 4 is 29.2 Å². The zero-order chi connectivity index (χ0) is 21.3. The molecule has 0 saturated carbocycles. The second-order valence-electron chi connectivity index (χ2n) is 7.24. The quantitative estimate of drug-likeness (QED) is 0.404. The number of nitrogens with one attached hydrogen (secondary N) is 2. The number of amides is 2. The van der Waals surface area contributed by atoms with Gasteiger partial charge in [-0.3, -0.25) is 9.59 Å². The van der Waals surface area contributed by atoms with Crippen LogP contribution in [0.15, 0.2) is 71.7 Å². The maximum atomic E-state index is 12.8. The first-order valence-corrected chi connectivity index (χ1v) is 10.9. The van der Waals surface area contributed by atoms with Crippen molar-refractivity contribution in [3.63, 3.8) is 0 Å². The fourth-order valence-corrected chi connectivity index (χ4v) is 3.69. The highest BCUT2D eigenvalue weighted by atomic mass is 32.1. The van der Waals surface area contributed by atoms with Crippen LogP contribution in [0.25, 0.3) is 6.08 Å². The molecule has 1 aromatic heterocycles. The topological polar surface area (TPSA) is 58.2 Å². The Hall–Kier alpha value is -3.18. The summed E-state index contributed by atoms with van der Waals surface area (Å²) in [5.74, 6) is -0.583. The summed E-state index contributed by atoms with van der Waals surface area (Å²) in [5.41, 5.74) is 4.33. The number of hydrogen-bond acceptors (Lipinski definition) is 3. The maximum absolute atomic E-state index is 12.8. The van der Waals surface area contributed by atoms with Crippen molar-refractivity contribution in [2.45, 2.75) is 26.7 Å². The minimum atomic E-state index is -0.298. The monoisotopic (exact) mass is 418 g/mol. The number of benzene rings is 2. The van der Waals surface area contributed by atoms with E-state index in [9.17, 15) is 9.59 Å². The first-order chi connectivity index (χ1) is 14.5. The second kappa shape index (κ2) is 10.6. The van der Waals surface area contributed by atoms with E-state index in [2.05, 4.69) is 35.8 Å². The Kier molecular flexibility index (Phi) is 7.57. The third-order valence-corrected chi connectivity index (χ3v) is 5.47. The van der Waals surface area contributed by atoms with E-state index in [1.165, 1.54) is 22.5 Å². The van der Waals surface area contributed by atoms with Crippen LogP contribution in [-0.2, 0) is 11.2 Å². The Bertz CT molecular complexity index is 1020. The number of carbonyl (C=O) groups is 2. The van der Waals surface area contributed by atoms with Crippen LogP contribution in [0.2, 0.25) is 0 Å². The number of carbonyl (C=O) groups excluding carboxylic acids is 2. The summed E-state index contributed by atoms with van der Waals surface area (Å²) >= 11 is 1.51. The average Bonchev–Trinajstić information content (AvgIpc) is 3.24. The lowest BCUT2D eigenvalue weighted by Gasteiger charge is -2.11. The van der Waals surface area contributed by atoms with E-state index in [4.69, 9.17) is 0 Å². The summed E-state index contributed by atoms with van der Waals surface area (Å²) in [6, 6.07) is 19.5. The van der Waals surface area contributed by atoms with Gasteiger partial charge in [-0.2, -0.15) is 0 Å². The smallest absolute Gasteiger partial charge is 0.267 e. The Balaban J connectivity index is 1.62. The molecule has 0 atom stereocenters. The van der Waals surface area contributed by atoms with E-state index in [1.54, 1.807) is 18.2 Å². The van der Waals surface area contributed by atoms with Gasteiger partial charge in [-0.05, 0) is 61.9 Å². The van der Waals surface area contributed by atoms with Crippen molar-refractivity contribution in [2.75, 3.05) is 6.54 Å². The van der Waals surface area contributed by atoms with E-state index in [-0.39, 0.29) is 17.5 Å². The minimum absolute atomic E-state index is 0.249. The van der Waals surface area contributed by atoms with Gasteiger partial charge >= 0.3 is 0 Å². The van der Waals surface area contributed by atoms with Gasteiger partial charge in [0.2, 0.25) is 0 Å². The summed E-state index contributed by atoms with van der Waals surface area (Å²) in [6.45, 7) is 4.58. The number of aryl methyl sites for hydroxylation is 3. The van der Waals surface area contributed by atoms with Gasteiger partial charge in [0.25, 0.3) is 11.8 Å². The molecule has 0 unspecified atom stereocenters. The van der Waals surface area contributed by atoms with Crippen molar-refractivity contribution < 1.29 is 9.59 Å². The fraction of sp³-hybridized carbons (Fsp3) is 0.200. The molecule has 2 aromatic carbocycles. The SMILES string of the molecule is Cc1ccc(C(=O)N/C(=C\c2cccs2)C(=O)NCCCc2cccc(C)c2)cc1. The largest absolute Gasteiger partial charge is 0.351 e. The van der Waals surface area contributed by atoms with Crippen LogP contribution in [0.4, 0.5) is 0 Å². The molecule has 154 valence electrons. The third kappa shape index (κ3) is 6.42. The summed E-state index contributed by atoms with van der Waals surface area (Å²) < 4.78 is 0. The molecule has 2 amide bonds. The van der Waals surface area contributed by atoms with Crippen LogP contribution < -0.4 is 10.6 Å². The van der Waals surface area contributed by atoms with Crippen LogP contribution in [0.5, 0.6) is 0 Å². The van der Waals surface area contributed by atoms with Gasteiger partial charge in [0.15, 0.2) is 0 Å². The molecule has 0 spiro atoms. The first-order valence-electron chi connectivity index (χ1n) is 9.98. The predicted octanol–water partition coefficient (Wildman–Crippen LogP) is 4.88. The van der Waals surface area contributed by atoms with Gasteiger partial charge in [0.1, 0.15) is 5.70 Å². The number of hydrogen-bond donors (Lipinski definition) is 2. The van der Waals surface area contributed by atoms with Crippen LogP contribution in [-0.4, -0.2) is 18.4 Å². The molecule has 3 rings (SSSR count). The Labute approximate surface area is 181 Å². The zero-order valence-corrected chi connectivity index (χ0v) is 18.1. The summed E-state index contributed by atoms with van der Waals surface area (Å²) in [6.07, 6.45) is 3.43. The maximum Gasteiger partial charge on any atom is 0.267 e. The van der Waals surface area contributed by atoms with Gasteiger partial charge in [0.05, 0.1) is 0 Å². The zero-order valence-electron chi connectivity index (χ0n) is 17.3. The Morgan fingerprint density at radius 3 is 2.47 bits per heavy atom. The van der Waals surface area contributed by atoms with E-state index >= 15 is 0 Å². The molecule has 0 fully saturated rings. The summed E-state index contributed by atoms with van der Waals surface area (Å²) in [5, 5.41) is 7.64. The van der Waals surface area contributed by atoms with Gasteiger partial charge in [-0.15, -0.1) is 11.3 Å². The van der Waals surface area contributed by atoms with Crippen molar-refractivity contribution in [1.29, 1.82) is 0 Å². The van der Waals surface area contributed by atoms with E-state index in [1.807, 2.05) is 42.6 Å². The molecule has 5 heteroatoms. The molecular weight excluding hydrogens is 392 g/mol. The number of rotatable bonds is 8. The lowest BCUT2D eigenvalue weighted by molar-refractivity contribution is -0.117. The molecule has 4 nitrogen and oxygen atoms in total. The average molecular weight is 419 g/mol. The second-order valence-corrected chi connectivity index (χ2v) is 8.22. The van der Waals surface area contributed by atoms with Crippen molar-refractivity contribution in [2.24, 2.45) is 0 Å². The number of thiophene rings is 1. The molecule has 0 saturated heterocycles. The first kappa shape index (κ1) is 21.5. The molecule has 3 aromatic rings. The third-order valence-electron chi connectivity index (χ3n) is 4.65. The van der Waals surface area contributed by atoms with Crippen LogP contribution in [0, 0.1) is 13.8 Å². The van der Waals surface area contributed by atoms with Gasteiger partial charge in [-0.1, -0.05) is 53.6 Å². The highest BCUT2D eigenvalue weighted by Gasteiger charge is 2.14. The molecule has 0 radical (unpaired) electrons. The molecule has 0 bridgehead atoms. The lowest BCUT2D eigenvalue weighted by Crippen LogP contribution is -2.35. The molecule has 2 N–H and O–H groups in total. The van der Waals surface area contributed by atoms with Gasteiger partial charge < -0.3 is 10.6 Å². The fourth-order valence-electron chi connectivity index (χ4n) is 3.03. The summed E-state index contributed by atoms with van der Waals surface area (Å²) in [7, 11) is 0. The molecule has 1 heterocycles. The van der Waals surface area contributed by atoms with E-state index < -0.39 is 0 Å². The van der Waals surface area contributed by atoms with Crippen LogP contribution >= 0.6 is 11.3 Å². The normalized spacial score (nSPS) is 11.2. The van der Waals surface area contributed by atoms with Crippen molar-refractivity contribution in [1.82, 2.24) is 10.6 Å². The van der Waals surface area contributed by atoms with Gasteiger partial charge in [0, 0.05) is 17.0 Å². The highest BCUT2D eigenvalue weighted by molar-refractivity contribution is 7.10. The molecule has 0 aliphatic heterocycles. The van der Waals surface area contributed by atoms with Crippen LogP contribution in [0.3, 0.4) is 0 Å². The Morgan fingerprint density at radius 1 is 0.967 bits per heavy atom. The van der Waals surface area contributed by atoms with Crippen LogP contribution in [0.1, 0.15) is 38.3 Å². The molecule has 30 heavy (non-hydrogen) atoms. The van der Waals surface area contributed by atoms with Crippen molar-refractivity contribution in [3.05, 3.63) is 98.9 Å². The molecule has 0 aliphatic carbocycles.